The van der Waals surface area contributed by atoms with Crippen molar-refractivity contribution >= 4 is 11.6 Å². The Balaban J connectivity index is 2.69. The first-order valence-electron chi connectivity index (χ1n) is 6.12. The molecule has 96 valence electrons. The van der Waals surface area contributed by atoms with E-state index >= 15 is 0 Å². The van der Waals surface area contributed by atoms with Crippen molar-refractivity contribution in [2.24, 2.45) is 0 Å². The molecule has 0 atom stereocenters. The second kappa shape index (κ2) is 4.76. The van der Waals surface area contributed by atoms with Gasteiger partial charge in [-0.3, -0.25) is 0 Å². The highest BCUT2D eigenvalue weighted by atomic mass is 16.1. The SMILES string of the molecule is CCCN(C)c1nc(=O)n2c(C)ccc(C)c2n1. The Morgan fingerprint density at radius 3 is 2.67 bits per heavy atom. The van der Waals surface area contributed by atoms with Gasteiger partial charge in [0.2, 0.25) is 5.95 Å². The van der Waals surface area contributed by atoms with Crippen LogP contribution in [0.1, 0.15) is 24.6 Å². The molecule has 0 aliphatic rings. The van der Waals surface area contributed by atoms with Crippen LogP contribution in [0.3, 0.4) is 0 Å². The Hall–Kier alpha value is -1.91. The molecule has 0 aliphatic heterocycles. The normalized spacial score (nSPS) is 10.9. The van der Waals surface area contributed by atoms with Crippen LogP contribution in [-0.4, -0.2) is 28.0 Å². The van der Waals surface area contributed by atoms with Crippen LogP contribution in [0.4, 0.5) is 5.95 Å². The van der Waals surface area contributed by atoms with Crippen LogP contribution in [0, 0.1) is 13.8 Å². The van der Waals surface area contributed by atoms with E-state index in [1.807, 2.05) is 37.9 Å². The summed E-state index contributed by atoms with van der Waals surface area (Å²) in [6, 6.07) is 3.88. The first-order valence-corrected chi connectivity index (χ1v) is 6.12. The third kappa shape index (κ3) is 2.08. The van der Waals surface area contributed by atoms with Gasteiger partial charge in [-0.05, 0) is 31.9 Å². The lowest BCUT2D eigenvalue weighted by Crippen LogP contribution is -2.28. The Morgan fingerprint density at radius 1 is 1.28 bits per heavy atom. The molecule has 0 saturated heterocycles. The predicted molar refractivity (Wildman–Crippen MR) is 72.3 cm³/mol. The van der Waals surface area contributed by atoms with Gasteiger partial charge in [-0.1, -0.05) is 13.0 Å². The molecule has 0 fully saturated rings. The van der Waals surface area contributed by atoms with Crippen molar-refractivity contribution in [2.45, 2.75) is 27.2 Å². The van der Waals surface area contributed by atoms with E-state index < -0.39 is 0 Å². The minimum atomic E-state index is -0.265. The summed E-state index contributed by atoms with van der Waals surface area (Å²) in [6.45, 7) is 6.75. The lowest BCUT2D eigenvalue weighted by molar-refractivity contribution is 0.795. The zero-order valence-corrected chi connectivity index (χ0v) is 11.3. The van der Waals surface area contributed by atoms with E-state index in [1.54, 1.807) is 4.40 Å². The predicted octanol–water partition coefficient (Wildman–Crippen LogP) is 1.55. The average Bonchev–Trinajstić information content (AvgIpc) is 2.33. The highest BCUT2D eigenvalue weighted by Gasteiger charge is 2.10. The molecule has 5 nitrogen and oxygen atoms in total. The van der Waals surface area contributed by atoms with Gasteiger partial charge in [-0.15, -0.1) is 0 Å². The number of hydrogen-bond acceptors (Lipinski definition) is 4. The second-order valence-corrected chi connectivity index (χ2v) is 4.54. The van der Waals surface area contributed by atoms with Crippen LogP contribution in [0.2, 0.25) is 0 Å². The monoisotopic (exact) mass is 246 g/mol. The first kappa shape index (κ1) is 12.5. The lowest BCUT2D eigenvalue weighted by atomic mass is 10.2. The van der Waals surface area contributed by atoms with Crippen molar-refractivity contribution in [1.29, 1.82) is 0 Å². The Labute approximate surface area is 106 Å². The minimum absolute atomic E-state index is 0.265. The molecular formula is C13H18N4O. The van der Waals surface area contributed by atoms with E-state index in [9.17, 15) is 4.79 Å². The summed E-state index contributed by atoms with van der Waals surface area (Å²) in [4.78, 5) is 22.5. The number of anilines is 1. The zero-order valence-electron chi connectivity index (χ0n) is 11.3. The molecule has 0 spiro atoms. The van der Waals surface area contributed by atoms with Gasteiger partial charge < -0.3 is 4.90 Å². The number of hydrogen-bond donors (Lipinski definition) is 0. The molecule has 2 rings (SSSR count). The molecule has 18 heavy (non-hydrogen) atoms. The van der Waals surface area contributed by atoms with Gasteiger partial charge in [0, 0.05) is 19.3 Å². The zero-order chi connectivity index (χ0) is 13.3. The molecule has 2 heterocycles. The summed E-state index contributed by atoms with van der Waals surface area (Å²) in [5, 5.41) is 0. The van der Waals surface area contributed by atoms with E-state index in [1.165, 1.54) is 0 Å². The standard InChI is InChI=1S/C13H18N4O/c1-5-8-16(4)12-14-11-9(2)6-7-10(3)17(11)13(18)15-12/h6-7H,5,8H2,1-4H3. The maximum absolute atomic E-state index is 12.1. The lowest BCUT2D eigenvalue weighted by Gasteiger charge is -2.16. The maximum Gasteiger partial charge on any atom is 0.356 e. The summed E-state index contributed by atoms with van der Waals surface area (Å²) in [5.74, 6) is 0.496. The van der Waals surface area contributed by atoms with Crippen molar-refractivity contribution in [3.63, 3.8) is 0 Å². The van der Waals surface area contributed by atoms with E-state index in [-0.39, 0.29) is 5.69 Å². The molecule has 0 radical (unpaired) electrons. The van der Waals surface area contributed by atoms with Gasteiger partial charge in [-0.25, -0.2) is 9.20 Å². The van der Waals surface area contributed by atoms with Crippen LogP contribution < -0.4 is 10.6 Å². The van der Waals surface area contributed by atoms with E-state index in [2.05, 4.69) is 16.9 Å². The van der Waals surface area contributed by atoms with Crippen molar-refractivity contribution in [3.05, 3.63) is 33.9 Å². The summed E-state index contributed by atoms with van der Waals surface area (Å²) in [6.07, 6.45) is 0.992. The maximum atomic E-state index is 12.1. The number of rotatable bonds is 3. The summed E-state index contributed by atoms with van der Waals surface area (Å²) in [5.41, 5.74) is 2.25. The summed E-state index contributed by atoms with van der Waals surface area (Å²) < 4.78 is 1.55. The van der Waals surface area contributed by atoms with Gasteiger partial charge in [0.25, 0.3) is 0 Å². The molecule has 0 amide bonds. The van der Waals surface area contributed by atoms with Gasteiger partial charge >= 0.3 is 5.69 Å². The van der Waals surface area contributed by atoms with Crippen molar-refractivity contribution in [2.75, 3.05) is 18.5 Å². The molecule has 0 unspecified atom stereocenters. The fourth-order valence-electron chi connectivity index (χ4n) is 1.98. The van der Waals surface area contributed by atoms with Gasteiger partial charge in [0.15, 0.2) is 0 Å². The van der Waals surface area contributed by atoms with E-state index in [0.29, 0.717) is 11.6 Å². The summed E-state index contributed by atoms with van der Waals surface area (Å²) >= 11 is 0. The minimum Gasteiger partial charge on any atom is -0.344 e. The molecule has 0 aliphatic carbocycles. The molecule has 2 aromatic rings. The quantitative estimate of drug-likeness (QED) is 0.824. The van der Waals surface area contributed by atoms with Crippen LogP contribution >= 0.6 is 0 Å². The second-order valence-electron chi connectivity index (χ2n) is 4.54. The van der Waals surface area contributed by atoms with E-state index in [0.717, 1.165) is 24.2 Å². The molecular weight excluding hydrogens is 228 g/mol. The number of aromatic nitrogens is 3. The Morgan fingerprint density at radius 2 is 2.00 bits per heavy atom. The fourth-order valence-corrected chi connectivity index (χ4v) is 1.98. The highest BCUT2D eigenvalue weighted by Crippen LogP contribution is 2.11. The van der Waals surface area contributed by atoms with Crippen LogP contribution in [0.15, 0.2) is 16.9 Å². The number of fused-ring (bicyclic) bond motifs is 1. The largest absolute Gasteiger partial charge is 0.356 e. The highest BCUT2D eigenvalue weighted by molar-refractivity contribution is 5.50. The van der Waals surface area contributed by atoms with Crippen molar-refractivity contribution < 1.29 is 0 Å². The third-order valence-electron chi connectivity index (χ3n) is 2.99. The molecule has 0 saturated carbocycles. The number of nitrogens with zero attached hydrogens (tertiary/aromatic N) is 4. The van der Waals surface area contributed by atoms with Gasteiger partial charge in [-0.2, -0.15) is 9.97 Å². The Bertz CT molecular complexity index is 633. The van der Waals surface area contributed by atoms with Gasteiger partial charge in [0.1, 0.15) is 5.65 Å². The van der Waals surface area contributed by atoms with Gasteiger partial charge in [0.05, 0.1) is 0 Å². The third-order valence-corrected chi connectivity index (χ3v) is 2.99. The first-order chi connectivity index (χ1) is 8.54. The molecule has 5 heteroatoms. The topological polar surface area (TPSA) is 50.5 Å². The fraction of sp³-hybridized carbons (Fsp3) is 0.462. The molecule has 0 N–H and O–H groups in total. The number of aryl methyl sites for hydroxylation is 2. The molecule has 0 bridgehead atoms. The van der Waals surface area contributed by atoms with Crippen LogP contribution in [0.25, 0.3) is 5.65 Å². The van der Waals surface area contributed by atoms with Crippen LogP contribution in [-0.2, 0) is 0 Å². The van der Waals surface area contributed by atoms with E-state index in [4.69, 9.17) is 0 Å². The Kier molecular flexibility index (Phi) is 3.32. The average molecular weight is 246 g/mol. The smallest absolute Gasteiger partial charge is 0.344 e. The van der Waals surface area contributed by atoms with Crippen molar-refractivity contribution in [3.8, 4) is 0 Å². The summed E-state index contributed by atoms with van der Waals surface area (Å²) in [7, 11) is 1.90. The molecule has 2 aromatic heterocycles. The van der Waals surface area contributed by atoms with Crippen LogP contribution in [0.5, 0.6) is 0 Å². The van der Waals surface area contributed by atoms with Crippen molar-refractivity contribution in [1.82, 2.24) is 14.4 Å². The molecule has 0 aromatic carbocycles. The number of pyridine rings is 1.